The summed E-state index contributed by atoms with van der Waals surface area (Å²) in [6.45, 7) is 0. The Bertz CT molecular complexity index is 671. The smallest absolute Gasteiger partial charge is 0.246 e. The molecule has 1 unspecified atom stereocenters. The third-order valence-corrected chi connectivity index (χ3v) is 4.23. The van der Waals surface area contributed by atoms with Gasteiger partial charge in [0.1, 0.15) is 11.1 Å². The number of rotatable bonds is 1. The Kier molecular flexibility index (Phi) is 2.53. The highest BCUT2D eigenvalue weighted by atomic mass is 32.2. The molecule has 1 aliphatic rings. The first-order valence-electron chi connectivity index (χ1n) is 5.45. The van der Waals surface area contributed by atoms with Crippen LogP contribution in [0.15, 0.2) is 53.7 Å². The van der Waals surface area contributed by atoms with E-state index in [4.69, 9.17) is 0 Å². The van der Waals surface area contributed by atoms with Crippen LogP contribution in [0.25, 0.3) is 0 Å². The van der Waals surface area contributed by atoms with Crippen LogP contribution in [0.4, 0.5) is 5.69 Å². The summed E-state index contributed by atoms with van der Waals surface area (Å²) in [5, 5.41) is 3.14. The maximum absolute atomic E-state index is 12.1. The van der Waals surface area contributed by atoms with Crippen LogP contribution < -0.4 is 10.0 Å². The summed E-state index contributed by atoms with van der Waals surface area (Å²) < 4.78 is 26.7. The fourth-order valence-corrected chi connectivity index (χ4v) is 3.16. The van der Waals surface area contributed by atoms with E-state index in [9.17, 15) is 8.42 Å². The minimum Gasteiger partial charge on any atom is -0.364 e. The molecule has 1 aromatic heterocycles. The first kappa shape index (κ1) is 11.2. The predicted octanol–water partition coefficient (Wildman–Crippen LogP) is 1.48. The molecule has 18 heavy (non-hydrogen) atoms. The lowest BCUT2D eigenvalue weighted by molar-refractivity contribution is 0.562. The molecule has 0 fully saturated rings. The second kappa shape index (κ2) is 4.08. The number of sulfonamides is 1. The van der Waals surface area contributed by atoms with Gasteiger partial charge in [-0.2, -0.15) is 4.72 Å². The standard InChI is InChI=1S/C12H11N3O2S/c16-18(17)11-8-13-7-6-10(11)14-12(15-18)9-4-2-1-3-5-9/h1-8,12,14-15H. The van der Waals surface area contributed by atoms with Crippen LogP contribution in [0.3, 0.4) is 0 Å². The Morgan fingerprint density at radius 3 is 2.67 bits per heavy atom. The number of benzene rings is 1. The molecular formula is C12H11N3O2S. The molecule has 5 nitrogen and oxygen atoms in total. The summed E-state index contributed by atoms with van der Waals surface area (Å²) in [6.07, 6.45) is 2.45. The highest BCUT2D eigenvalue weighted by molar-refractivity contribution is 7.89. The maximum atomic E-state index is 12.1. The van der Waals surface area contributed by atoms with Gasteiger partial charge in [0.2, 0.25) is 10.0 Å². The molecule has 0 radical (unpaired) electrons. The van der Waals surface area contributed by atoms with Gasteiger partial charge in [0.15, 0.2) is 0 Å². The summed E-state index contributed by atoms with van der Waals surface area (Å²) in [5.41, 5.74) is 1.43. The van der Waals surface area contributed by atoms with Crippen LogP contribution in [-0.4, -0.2) is 13.4 Å². The van der Waals surface area contributed by atoms with E-state index in [0.717, 1.165) is 5.56 Å². The Morgan fingerprint density at radius 1 is 1.11 bits per heavy atom. The molecule has 1 aliphatic heterocycles. The number of anilines is 1. The molecule has 2 N–H and O–H groups in total. The zero-order chi connectivity index (χ0) is 12.6. The van der Waals surface area contributed by atoms with Gasteiger partial charge >= 0.3 is 0 Å². The lowest BCUT2D eigenvalue weighted by atomic mass is 10.2. The van der Waals surface area contributed by atoms with Crippen molar-refractivity contribution in [2.45, 2.75) is 11.1 Å². The van der Waals surface area contributed by atoms with E-state index in [1.165, 1.54) is 6.20 Å². The quantitative estimate of drug-likeness (QED) is 0.815. The van der Waals surface area contributed by atoms with Gasteiger partial charge in [0.25, 0.3) is 0 Å². The van der Waals surface area contributed by atoms with E-state index in [-0.39, 0.29) is 4.90 Å². The van der Waals surface area contributed by atoms with E-state index in [2.05, 4.69) is 15.0 Å². The van der Waals surface area contributed by atoms with E-state index in [1.54, 1.807) is 12.3 Å². The van der Waals surface area contributed by atoms with Gasteiger partial charge in [-0.1, -0.05) is 30.3 Å². The van der Waals surface area contributed by atoms with Crippen LogP contribution in [0, 0.1) is 0 Å². The lowest BCUT2D eigenvalue weighted by Crippen LogP contribution is -2.38. The van der Waals surface area contributed by atoms with Gasteiger partial charge in [-0.3, -0.25) is 4.98 Å². The normalized spacial score (nSPS) is 20.8. The van der Waals surface area contributed by atoms with Crippen molar-refractivity contribution in [1.82, 2.24) is 9.71 Å². The molecule has 6 heteroatoms. The Hall–Kier alpha value is -1.92. The second-order valence-corrected chi connectivity index (χ2v) is 5.66. The highest BCUT2D eigenvalue weighted by Crippen LogP contribution is 2.29. The van der Waals surface area contributed by atoms with Crippen LogP contribution >= 0.6 is 0 Å². The number of nitrogens with one attached hydrogen (secondary N) is 2. The van der Waals surface area contributed by atoms with E-state index in [1.807, 2.05) is 30.3 Å². The van der Waals surface area contributed by atoms with Gasteiger partial charge < -0.3 is 5.32 Å². The molecular weight excluding hydrogens is 250 g/mol. The Balaban J connectivity index is 2.06. The van der Waals surface area contributed by atoms with Crippen molar-refractivity contribution >= 4 is 15.7 Å². The molecule has 1 aromatic carbocycles. The highest BCUT2D eigenvalue weighted by Gasteiger charge is 2.29. The molecule has 0 aliphatic carbocycles. The molecule has 0 saturated carbocycles. The van der Waals surface area contributed by atoms with Crippen molar-refractivity contribution in [1.29, 1.82) is 0 Å². The summed E-state index contributed by atoms with van der Waals surface area (Å²) in [5.74, 6) is 0. The van der Waals surface area contributed by atoms with E-state index in [0.29, 0.717) is 5.69 Å². The van der Waals surface area contributed by atoms with Crippen molar-refractivity contribution in [2.75, 3.05) is 5.32 Å². The van der Waals surface area contributed by atoms with Crippen LogP contribution in [0.5, 0.6) is 0 Å². The molecule has 0 saturated heterocycles. The minimum absolute atomic E-state index is 0.178. The van der Waals surface area contributed by atoms with Crippen molar-refractivity contribution in [2.24, 2.45) is 0 Å². The van der Waals surface area contributed by atoms with Crippen LogP contribution in [0.1, 0.15) is 11.7 Å². The topological polar surface area (TPSA) is 71.1 Å². The maximum Gasteiger partial charge on any atom is 0.246 e. The molecule has 2 aromatic rings. The largest absolute Gasteiger partial charge is 0.364 e. The lowest BCUT2D eigenvalue weighted by Gasteiger charge is -2.27. The van der Waals surface area contributed by atoms with Crippen molar-refractivity contribution in [3.63, 3.8) is 0 Å². The van der Waals surface area contributed by atoms with Gasteiger partial charge in [-0.25, -0.2) is 8.42 Å². The second-order valence-electron chi connectivity index (χ2n) is 3.98. The molecule has 92 valence electrons. The van der Waals surface area contributed by atoms with E-state index >= 15 is 0 Å². The number of hydrogen-bond donors (Lipinski definition) is 2. The minimum atomic E-state index is -3.51. The Morgan fingerprint density at radius 2 is 1.89 bits per heavy atom. The molecule has 0 amide bonds. The molecule has 2 heterocycles. The number of pyridine rings is 1. The van der Waals surface area contributed by atoms with Crippen LogP contribution in [0.2, 0.25) is 0 Å². The fraction of sp³-hybridized carbons (Fsp3) is 0.0833. The fourth-order valence-electron chi connectivity index (χ4n) is 1.91. The summed E-state index contributed by atoms with van der Waals surface area (Å²) >= 11 is 0. The summed E-state index contributed by atoms with van der Waals surface area (Å²) in [4.78, 5) is 4.01. The van der Waals surface area contributed by atoms with E-state index < -0.39 is 16.2 Å². The monoisotopic (exact) mass is 261 g/mol. The average Bonchev–Trinajstić information content (AvgIpc) is 2.39. The molecule has 1 atom stereocenters. The van der Waals surface area contributed by atoms with Crippen LogP contribution in [-0.2, 0) is 10.0 Å². The third kappa shape index (κ3) is 1.85. The number of hydrogen-bond acceptors (Lipinski definition) is 4. The first-order chi connectivity index (χ1) is 8.67. The molecule has 3 rings (SSSR count). The van der Waals surface area contributed by atoms with Gasteiger partial charge in [-0.05, 0) is 11.6 Å². The predicted molar refractivity (Wildman–Crippen MR) is 67.4 cm³/mol. The van der Waals surface area contributed by atoms with Crippen molar-refractivity contribution in [3.8, 4) is 0 Å². The summed E-state index contributed by atoms with van der Waals surface area (Å²) in [7, 11) is -3.51. The zero-order valence-corrected chi connectivity index (χ0v) is 10.2. The Labute approximate surface area is 105 Å². The van der Waals surface area contributed by atoms with Crippen molar-refractivity contribution < 1.29 is 8.42 Å². The molecule has 0 bridgehead atoms. The van der Waals surface area contributed by atoms with Gasteiger partial charge in [0.05, 0.1) is 5.69 Å². The zero-order valence-electron chi connectivity index (χ0n) is 9.37. The average molecular weight is 261 g/mol. The number of nitrogens with zero attached hydrogens (tertiary/aromatic N) is 1. The van der Waals surface area contributed by atoms with Crippen molar-refractivity contribution in [3.05, 3.63) is 54.4 Å². The summed E-state index contributed by atoms with van der Waals surface area (Å²) in [6, 6.07) is 11.0. The first-order valence-corrected chi connectivity index (χ1v) is 6.93. The molecule has 0 spiro atoms. The number of fused-ring (bicyclic) bond motifs is 1. The number of aromatic nitrogens is 1. The van der Waals surface area contributed by atoms with Gasteiger partial charge in [0, 0.05) is 12.4 Å². The SMILES string of the molecule is O=S1(=O)NC(c2ccccc2)Nc2ccncc21. The third-order valence-electron chi connectivity index (χ3n) is 2.78. The van der Waals surface area contributed by atoms with Gasteiger partial charge in [-0.15, -0.1) is 0 Å².